The molecule has 7 nitrogen and oxygen atoms in total. The largest absolute Gasteiger partial charge is 0.393 e. The molecule has 1 fully saturated rings. The lowest BCUT2D eigenvalue weighted by molar-refractivity contribution is -0.384. The van der Waals surface area contributed by atoms with Crippen LogP contribution in [0.5, 0.6) is 0 Å². The average Bonchev–Trinajstić information content (AvgIpc) is 2.62. The monoisotopic (exact) mass is 226 g/mol. The maximum absolute atomic E-state index is 10.8. The molecular formula is C9H14N4O3. The predicted octanol–water partition coefficient (Wildman–Crippen LogP) is 0.289. The van der Waals surface area contributed by atoms with Gasteiger partial charge in [-0.3, -0.25) is 10.1 Å². The van der Waals surface area contributed by atoms with Gasteiger partial charge in [0.15, 0.2) is 0 Å². The molecule has 88 valence electrons. The topological polar surface area (TPSA) is 84.4 Å². The molecule has 0 amide bonds. The van der Waals surface area contributed by atoms with Gasteiger partial charge in [-0.1, -0.05) is 0 Å². The molecule has 2 rings (SSSR count). The van der Waals surface area contributed by atoms with Crippen molar-refractivity contribution in [3.05, 3.63) is 16.3 Å². The number of rotatable bonds is 2. The van der Waals surface area contributed by atoms with E-state index in [2.05, 4.69) is 5.10 Å². The summed E-state index contributed by atoms with van der Waals surface area (Å²) in [6.07, 6.45) is 2.26. The molecule has 1 saturated heterocycles. The summed E-state index contributed by atoms with van der Waals surface area (Å²) in [5.41, 5.74) is 0.0267. The van der Waals surface area contributed by atoms with Crippen LogP contribution in [0.15, 0.2) is 6.20 Å². The molecule has 1 aliphatic heterocycles. The third kappa shape index (κ3) is 1.85. The SMILES string of the molecule is Cn1ncc([N+](=O)[O-])c1N1CCC(O)CC1. The molecule has 0 radical (unpaired) electrons. The van der Waals surface area contributed by atoms with E-state index in [1.807, 2.05) is 4.90 Å². The second kappa shape index (κ2) is 4.09. The molecule has 1 aromatic rings. The fourth-order valence-electron chi connectivity index (χ4n) is 1.99. The standard InChI is InChI=1S/C9H14N4O3/c1-11-9(8(6-10-11)13(15)16)12-4-2-7(14)3-5-12/h6-7,14H,2-5H2,1H3. The van der Waals surface area contributed by atoms with Crippen LogP contribution in [0.1, 0.15) is 12.8 Å². The van der Waals surface area contributed by atoms with Crippen LogP contribution in [0, 0.1) is 10.1 Å². The Morgan fingerprint density at radius 2 is 2.19 bits per heavy atom. The quantitative estimate of drug-likeness (QED) is 0.578. The van der Waals surface area contributed by atoms with Crippen molar-refractivity contribution in [3.8, 4) is 0 Å². The van der Waals surface area contributed by atoms with E-state index < -0.39 is 4.92 Å². The van der Waals surface area contributed by atoms with Crippen LogP contribution in [0.4, 0.5) is 11.5 Å². The van der Waals surface area contributed by atoms with Gasteiger partial charge >= 0.3 is 5.69 Å². The van der Waals surface area contributed by atoms with Gasteiger partial charge < -0.3 is 10.0 Å². The van der Waals surface area contributed by atoms with E-state index in [1.54, 1.807) is 7.05 Å². The summed E-state index contributed by atoms with van der Waals surface area (Å²) < 4.78 is 1.51. The van der Waals surface area contributed by atoms with E-state index >= 15 is 0 Å². The smallest absolute Gasteiger partial charge is 0.331 e. The number of nitro groups is 1. The Bertz CT molecular complexity index is 395. The van der Waals surface area contributed by atoms with Crippen LogP contribution in [0.3, 0.4) is 0 Å². The van der Waals surface area contributed by atoms with E-state index in [9.17, 15) is 15.2 Å². The van der Waals surface area contributed by atoms with Crippen molar-refractivity contribution < 1.29 is 10.0 Å². The third-order valence-corrected chi connectivity index (χ3v) is 2.85. The predicted molar refractivity (Wildman–Crippen MR) is 57.3 cm³/mol. The average molecular weight is 226 g/mol. The van der Waals surface area contributed by atoms with Gasteiger partial charge in [0.25, 0.3) is 0 Å². The molecule has 0 bridgehead atoms. The molecule has 0 spiro atoms. The Kier molecular flexibility index (Phi) is 2.78. The highest BCUT2D eigenvalue weighted by Crippen LogP contribution is 2.29. The molecule has 1 N–H and O–H groups in total. The van der Waals surface area contributed by atoms with Crippen molar-refractivity contribution in [3.63, 3.8) is 0 Å². The highest BCUT2D eigenvalue weighted by Gasteiger charge is 2.27. The van der Waals surface area contributed by atoms with E-state index in [4.69, 9.17) is 0 Å². The summed E-state index contributed by atoms with van der Waals surface area (Å²) in [5, 5.41) is 24.1. The van der Waals surface area contributed by atoms with Crippen LogP contribution >= 0.6 is 0 Å². The minimum Gasteiger partial charge on any atom is -0.393 e. The Balaban J connectivity index is 2.25. The van der Waals surface area contributed by atoms with Gasteiger partial charge in [-0.05, 0) is 12.8 Å². The highest BCUT2D eigenvalue weighted by molar-refractivity contribution is 5.57. The van der Waals surface area contributed by atoms with E-state index in [1.165, 1.54) is 10.9 Å². The second-order valence-electron chi connectivity index (χ2n) is 3.95. The molecule has 1 aliphatic rings. The van der Waals surface area contributed by atoms with Gasteiger partial charge in [-0.2, -0.15) is 5.10 Å². The normalized spacial score (nSPS) is 17.8. The lowest BCUT2D eigenvalue weighted by Gasteiger charge is -2.30. The summed E-state index contributed by atoms with van der Waals surface area (Å²) >= 11 is 0. The number of anilines is 1. The molecule has 2 heterocycles. The zero-order valence-electron chi connectivity index (χ0n) is 9.04. The van der Waals surface area contributed by atoms with Crippen LogP contribution in [0.2, 0.25) is 0 Å². The lowest BCUT2D eigenvalue weighted by Crippen LogP contribution is -2.37. The molecular weight excluding hydrogens is 212 g/mol. The molecule has 16 heavy (non-hydrogen) atoms. The van der Waals surface area contributed by atoms with Crippen molar-refractivity contribution >= 4 is 11.5 Å². The Morgan fingerprint density at radius 3 is 2.75 bits per heavy atom. The minimum atomic E-state index is -0.423. The lowest BCUT2D eigenvalue weighted by atomic mass is 10.1. The van der Waals surface area contributed by atoms with E-state index in [-0.39, 0.29) is 11.8 Å². The maximum atomic E-state index is 10.8. The number of aryl methyl sites for hydroxylation is 1. The summed E-state index contributed by atoms with van der Waals surface area (Å²) in [6.45, 7) is 1.25. The van der Waals surface area contributed by atoms with Crippen molar-refractivity contribution in [1.82, 2.24) is 9.78 Å². The van der Waals surface area contributed by atoms with Gasteiger partial charge in [0.2, 0.25) is 5.82 Å². The van der Waals surface area contributed by atoms with E-state index in [0.29, 0.717) is 31.7 Å². The Morgan fingerprint density at radius 1 is 1.56 bits per heavy atom. The zero-order chi connectivity index (χ0) is 11.7. The van der Waals surface area contributed by atoms with Gasteiger partial charge in [0.05, 0.1) is 11.0 Å². The van der Waals surface area contributed by atoms with Gasteiger partial charge in [-0.15, -0.1) is 0 Å². The summed E-state index contributed by atoms with van der Waals surface area (Å²) in [4.78, 5) is 12.3. The number of hydrogen-bond donors (Lipinski definition) is 1. The molecule has 0 aliphatic carbocycles. The van der Waals surface area contributed by atoms with Gasteiger partial charge in [-0.25, -0.2) is 4.68 Å². The number of aromatic nitrogens is 2. The van der Waals surface area contributed by atoms with Crippen LogP contribution in [-0.4, -0.2) is 39.0 Å². The molecule has 1 aromatic heterocycles. The third-order valence-electron chi connectivity index (χ3n) is 2.85. The van der Waals surface area contributed by atoms with Crippen molar-refractivity contribution in [2.45, 2.75) is 18.9 Å². The van der Waals surface area contributed by atoms with Crippen molar-refractivity contribution in [2.24, 2.45) is 7.05 Å². The molecule has 0 unspecified atom stereocenters. The van der Waals surface area contributed by atoms with Crippen molar-refractivity contribution in [2.75, 3.05) is 18.0 Å². The first-order valence-electron chi connectivity index (χ1n) is 5.19. The fourth-order valence-corrected chi connectivity index (χ4v) is 1.99. The van der Waals surface area contributed by atoms with Gasteiger partial charge in [0, 0.05) is 20.1 Å². The summed E-state index contributed by atoms with van der Waals surface area (Å²) in [6, 6.07) is 0. The second-order valence-corrected chi connectivity index (χ2v) is 3.95. The Labute approximate surface area is 92.4 Å². The number of nitrogens with zero attached hydrogens (tertiary/aromatic N) is 4. The number of piperidine rings is 1. The molecule has 0 atom stereocenters. The van der Waals surface area contributed by atoms with Crippen molar-refractivity contribution in [1.29, 1.82) is 0 Å². The molecule has 0 saturated carbocycles. The summed E-state index contributed by atoms with van der Waals surface area (Å²) in [5.74, 6) is 0.525. The highest BCUT2D eigenvalue weighted by atomic mass is 16.6. The molecule has 7 heteroatoms. The van der Waals surface area contributed by atoms with Crippen LogP contribution in [-0.2, 0) is 7.05 Å². The van der Waals surface area contributed by atoms with E-state index in [0.717, 1.165) is 0 Å². The Hall–Kier alpha value is -1.63. The van der Waals surface area contributed by atoms with Crippen LogP contribution in [0.25, 0.3) is 0 Å². The van der Waals surface area contributed by atoms with Crippen LogP contribution < -0.4 is 4.90 Å². The number of hydrogen-bond acceptors (Lipinski definition) is 5. The molecule has 0 aromatic carbocycles. The summed E-state index contributed by atoms with van der Waals surface area (Å²) in [7, 11) is 1.69. The first-order chi connectivity index (χ1) is 7.59. The zero-order valence-corrected chi connectivity index (χ0v) is 9.04. The van der Waals surface area contributed by atoms with Gasteiger partial charge in [0.1, 0.15) is 6.20 Å². The fraction of sp³-hybridized carbons (Fsp3) is 0.667. The number of aliphatic hydroxyl groups is 1. The first kappa shape index (κ1) is 10.9. The first-order valence-corrected chi connectivity index (χ1v) is 5.19. The maximum Gasteiger partial charge on any atom is 0.331 e. The minimum absolute atomic E-state index is 0.0267. The number of aliphatic hydroxyl groups excluding tert-OH is 1.